The number of anilines is 1. The number of carbonyl (C=O) groups excluding carboxylic acids is 1. The van der Waals surface area contributed by atoms with Gasteiger partial charge in [-0.15, -0.1) is 11.8 Å². The smallest absolute Gasteiger partial charge is 0.227 e. The van der Waals surface area contributed by atoms with Crippen LogP contribution < -0.4 is 5.32 Å². The van der Waals surface area contributed by atoms with E-state index in [1.54, 1.807) is 11.8 Å². The summed E-state index contributed by atoms with van der Waals surface area (Å²) < 4.78 is 5.29. The lowest BCUT2D eigenvalue weighted by molar-refractivity contribution is -0.116. The van der Waals surface area contributed by atoms with Gasteiger partial charge in [0.2, 0.25) is 17.6 Å². The Morgan fingerprint density at radius 2 is 2.00 bits per heavy atom. The van der Waals surface area contributed by atoms with Crippen LogP contribution in [0, 0.1) is 11.3 Å². The first-order chi connectivity index (χ1) is 14.2. The molecule has 1 heterocycles. The summed E-state index contributed by atoms with van der Waals surface area (Å²) in [5.74, 6) is 1.53. The largest absolute Gasteiger partial charge is 0.339 e. The number of amides is 1. The lowest BCUT2D eigenvalue weighted by Gasteiger charge is -2.09. The van der Waals surface area contributed by atoms with Crippen LogP contribution in [-0.4, -0.2) is 21.8 Å². The van der Waals surface area contributed by atoms with Crippen molar-refractivity contribution in [2.24, 2.45) is 0 Å². The second-order valence-electron chi connectivity index (χ2n) is 6.36. The summed E-state index contributed by atoms with van der Waals surface area (Å²) >= 11 is 1.55. The number of aryl methyl sites for hydroxylation is 2. The van der Waals surface area contributed by atoms with Gasteiger partial charge >= 0.3 is 0 Å². The Morgan fingerprint density at radius 3 is 2.76 bits per heavy atom. The summed E-state index contributed by atoms with van der Waals surface area (Å²) in [7, 11) is 0. The fourth-order valence-corrected chi connectivity index (χ4v) is 3.56. The van der Waals surface area contributed by atoms with Crippen LogP contribution >= 0.6 is 11.8 Å². The number of hydrogen-bond acceptors (Lipinski definition) is 6. The summed E-state index contributed by atoms with van der Waals surface area (Å²) in [4.78, 5) is 17.7. The van der Waals surface area contributed by atoms with Gasteiger partial charge in [0.25, 0.3) is 0 Å². The van der Waals surface area contributed by atoms with Crippen LogP contribution in [-0.2, 0) is 17.6 Å². The van der Waals surface area contributed by atoms with E-state index >= 15 is 0 Å². The molecule has 0 unspecified atom stereocenters. The molecule has 0 aliphatic carbocycles. The number of para-hydroxylation sites is 1. The fraction of sp³-hybridized carbons (Fsp3) is 0.273. The standard InChI is InChI=1S/C22H22N4O2S/c1-2-16-8-10-17(11-9-16)22-25-21(28-26-22)13-12-20(27)24-18-6-3-4-7-19(18)29-15-5-14-23/h3-4,6-11H,2,5,12-13,15H2,1H3,(H,24,27). The van der Waals surface area contributed by atoms with E-state index < -0.39 is 0 Å². The van der Waals surface area contributed by atoms with Crippen LogP contribution in [0.25, 0.3) is 11.4 Å². The molecule has 29 heavy (non-hydrogen) atoms. The van der Waals surface area contributed by atoms with Crippen molar-refractivity contribution in [1.82, 2.24) is 10.1 Å². The van der Waals surface area contributed by atoms with Gasteiger partial charge in [-0.3, -0.25) is 4.79 Å². The average Bonchev–Trinajstić information content (AvgIpc) is 3.23. The van der Waals surface area contributed by atoms with E-state index in [4.69, 9.17) is 9.78 Å². The maximum absolute atomic E-state index is 12.4. The van der Waals surface area contributed by atoms with Crippen molar-refractivity contribution < 1.29 is 9.32 Å². The van der Waals surface area contributed by atoms with Crippen molar-refractivity contribution in [3.8, 4) is 17.5 Å². The number of carbonyl (C=O) groups is 1. The molecule has 6 nitrogen and oxygen atoms in total. The third-order valence-corrected chi connectivity index (χ3v) is 5.36. The van der Waals surface area contributed by atoms with Gasteiger partial charge in [0, 0.05) is 35.5 Å². The summed E-state index contributed by atoms with van der Waals surface area (Å²) in [5, 5.41) is 15.6. The zero-order valence-corrected chi connectivity index (χ0v) is 17.0. The van der Waals surface area contributed by atoms with Crippen molar-refractivity contribution >= 4 is 23.4 Å². The Balaban J connectivity index is 1.55. The number of benzene rings is 2. The number of rotatable bonds is 9. The number of nitrogens with zero attached hydrogens (tertiary/aromatic N) is 3. The summed E-state index contributed by atoms with van der Waals surface area (Å²) in [6.07, 6.45) is 2.06. The maximum Gasteiger partial charge on any atom is 0.227 e. The number of aromatic nitrogens is 2. The fourth-order valence-electron chi connectivity index (χ4n) is 2.70. The van der Waals surface area contributed by atoms with Gasteiger partial charge in [-0.2, -0.15) is 10.2 Å². The predicted octanol–water partition coefficient (Wildman–Crippen LogP) is 4.88. The van der Waals surface area contributed by atoms with Crippen LogP contribution in [0.3, 0.4) is 0 Å². The molecule has 0 spiro atoms. The van der Waals surface area contributed by atoms with E-state index in [1.807, 2.05) is 48.5 Å². The molecular weight excluding hydrogens is 384 g/mol. The lowest BCUT2D eigenvalue weighted by atomic mass is 10.1. The molecule has 2 aromatic carbocycles. The predicted molar refractivity (Wildman–Crippen MR) is 113 cm³/mol. The molecule has 3 aromatic rings. The topological polar surface area (TPSA) is 91.8 Å². The van der Waals surface area contributed by atoms with Crippen molar-refractivity contribution in [3.05, 3.63) is 60.0 Å². The highest BCUT2D eigenvalue weighted by atomic mass is 32.2. The Kier molecular flexibility index (Phi) is 7.42. The molecular formula is C22H22N4O2S. The van der Waals surface area contributed by atoms with Crippen LogP contribution in [0.2, 0.25) is 0 Å². The Morgan fingerprint density at radius 1 is 1.21 bits per heavy atom. The molecule has 7 heteroatoms. The Bertz CT molecular complexity index is 993. The van der Waals surface area contributed by atoms with Gasteiger partial charge < -0.3 is 9.84 Å². The minimum absolute atomic E-state index is 0.120. The van der Waals surface area contributed by atoms with E-state index in [2.05, 4.69) is 28.5 Å². The van der Waals surface area contributed by atoms with Gasteiger partial charge in [-0.25, -0.2) is 0 Å². The second-order valence-corrected chi connectivity index (χ2v) is 7.50. The highest BCUT2D eigenvalue weighted by Crippen LogP contribution is 2.27. The van der Waals surface area contributed by atoms with E-state index in [1.165, 1.54) is 5.56 Å². The molecule has 0 saturated carbocycles. The van der Waals surface area contributed by atoms with Crippen LogP contribution in [0.4, 0.5) is 5.69 Å². The van der Waals surface area contributed by atoms with E-state index in [0.717, 1.165) is 22.6 Å². The van der Waals surface area contributed by atoms with Gasteiger partial charge in [0.1, 0.15) is 0 Å². The first-order valence-corrected chi connectivity index (χ1v) is 10.5. The summed E-state index contributed by atoms with van der Waals surface area (Å²) in [5.41, 5.74) is 2.90. The molecule has 148 valence electrons. The maximum atomic E-state index is 12.4. The van der Waals surface area contributed by atoms with Gasteiger partial charge in [0.05, 0.1) is 11.8 Å². The molecule has 0 aliphatic rings. The second kappa shape index (κ2) is 10.4. The molecule has 0 aliphatic heterocycles. The molecule has 0 radical (unpaired) electrons. The van der Waals surface area contributed by atoms with Crippen LogP contribution in [0.5, 0.6) is 0 Å². The summed E-state index contributed by atoms with van der Waals surface area (Å²) in [6.45, 7) is 2.11. The average molecular weight is 407 g/mol. The zero-order valence-electron chi connectivity index (χ0n) is 16.2. The van der Waals surface area contributed by atoms with Gasteiger partial charge in [0.15, 0.2) is 0 Å². The number of thioether (sulfide) groups is 1. The highest BCUT2D eigenvalue weighted by molar-refractivity contribution is 7.99. The molecule has 3 rings (SSSR count). The number of nitrogens with one attached hydrogen (secondary N) is 1. The molecule has 0 saturated heterocycles. The highest BCUT2D eigenvalue weighted by Gasteiger charge is 2.12. The van der Waals surface area contributed by atoms with E-state index in [9.17, 15) is 4.79 Å². The SMILES string of the molecule is CCc1ccc(-c2noc(CCC(=O)Nc3ccccc3SCCC#N)n2)cc1. The van der Waals surface area contributed by atoms with Gasteiger partial charge in [-0.05, 0) is 24.1 Å². The molecule has 0 bridgehead atoms. The quantitative estimate of drug-likeness (QED) is 0.402. The molecule has 1 amide bonds. The van der Waals surface area contributed by atoms with Gasteiger partial charge in [-0.1, -0.05) is 48.5 Å². The first kappa shape index (κ1) is 20.6. The zero-order chi connectivity index (χ0) is 20.5. The first-order valence-electron chi connectivity index (χ1n) is 9.50. The normalized spacial score (nSPS) is 10.5. The monoisotopic (exact) mass is 406 g/mol. The molecule has 0 fully saturated rings. The summed E-state index contributed by atoms with van der Waals surface area (Å²) in [6, 6.07) is 17.7. The van der Waals surface area contributed by atoms with Crippen molar-refractivity contribution in [1.29, 1.82) is 5.26 Å². The third-order valence-electron chi connectivity index (χ3n) is 4.29. The number of hydrogen-bond donors (Lipinski definition) is 1. The molecule has 1 N–H and O–H groups in total. The molecule has 0 atom stereocenters. The van der Waals surface area contributed by atoms with Crippen molar-refractivity contribution in [2.75, 3.05) is 11.1 Å². The minimum Gasteiger partial charge on any atom is -0.339 e. The lowest BCUT2D eigenvalue weighted by Crippen LogP contribution is -2.13. The van der Waals surface area contributed by atoms with Crippen molar-refractivity contribution in [2.45, 2.75) is 37.5 Å². The van der Waals surface area contributed by atoms with Crippen LogP contribution in [0.1, 0.15) is 31.2 Å². The third kappa shape index (κ3) is 5.93. The molecule has 1 aromatic heterocycles. The van der Waals surface area contributed by atoms with E-state index in [-0.39, 0.29) is 12.3 Å². The number of nitriles is 1. The van der Waals surface area contributed by atoms with E-state index in [0.29, 0.717) is 30.3 Å². The Hall–Kier alpha value is -3.11. The minimum atomic E-state index is -0.120. The Labute approximate surface area is 174 Å². The van der Waals surface area contributed by atoms with Crippen LogP contribution in [0.15, 0.2) is 57.9 Å². The van der Waals surface area contributed by atoms with Crippen molar-refractivity contribution in [3.63, 3.8) is 0 Å².